The van der Waals surface area contributed by atoms with Crippen LogP contribution in [0.3, 0.4) is 0 Å². The molecule has 120 valence electrons. The van der Waals surface area contributed by atoms with Crippen LogP contribution in [-0.2, 0) is 19.7 Å². The molecule has 5 nitrogen and oxygen atoms in total. The van der Waals surface area contributed by atoms with Gasteiger partial charge in [0.2, 0.25) is 0 Å². The number of carbonyl (C=O) groups is 2. The lowest BCUT2D eigenvalue weighted by atomic mass is 9.77. The molecule has 2 rings (SSSR count). The third-order valence-corrected chi connectivity index (χ3v) is 3.71. The number of para-hydroxylation sites is 1. The average Bonchev–Trinajstić information content (AvgIpc) is 2.44. The van der Waals surface area contributed by atoms with Crippen LogP contribution >= 0.6 is 0 Å². The molecule has 1 heterocycles. The summed E-state index contributed by atoms with van der Waals surface area (Å²) in [5, 5.41) is 0. The SMILES string of the molecule is COC(=O)c1cccc2c1OCCC2(C)C(=O)OC(C)(C)C. The minimum Gasteiger partial charge on any atom is -0.492 e. The lowest BCUT2D eigenvalue weighted by molar-refractivity contribution is -0.162. The number of hydrogen-bond acceptors (Lipinski definition) is 5. The van der Waals surface area contributed by atoms with Crippen molar-refractivity contribution in [3.05, 3.63) is 29.3 Å². The zero-order valence-electron chi connectivity index (χ0n) is 13.7. The van der Waals surface area contributed by atoms with Gasteiger partial charge in [0.25, 0.3) is 0 Å². The standard InChI is InChI=1S/C17H22O5/c1-16(2,3)22-15(19)17(4)9-10-21-13-11(14(18)20-5)7-6-8-12(13)17/h6-8H,9-10H2,1-5H3. The Bertz CT molecular complexity index is 600. The third-order valence-electron chi connectivity index (χ3n) is 3.71. The van der Waals surface area contributed by atoms with E-state index in [0.29, 0.717) is 29.9 Å². The molecule has 0 amide bonds. The minimum absolute atomic E-state index is 0.313. The number of fused-ring (bicyclic) bond motifs is 1. The van der Waals surface area contributed by atoms with E-state index in [1.807, 2.05) is 27.7 Å². The topological polar surface area (TPSA) is 61.8 Å². The van der Waals surface area contributed by atoms with Crippen LogP contribution in [-0.4, -0.2) is 31.3 Å². The van der Waals surface area contributed by atoms with Crippen molar-refractivity contribution < 1.29 is 23.8 Å². The van der Waals surface area contributed by atoms with E-state index in [0.717, 1.165) is 0 Å². The second-order valence-corrected chi connectivity index (χ2v) is 6.61. The van der Waals surface area contributed by atoms with Crippen molar-refractivity contribution in [1.82, 2.24) is 0 Å². The van der Waals surface area contributed by atoms with Crippen LogP contribution in [0.15, 0.2) is 18.2 Å². The van der Waals surface area contributed by atoms with Crippen LogP contribution < -0.4 is 4.74 Å². The lowest BCUT2D eigenvalue weighted by Gasteiger charge is -2.36. The average molecular weight is 306 g/mol. The zero-order chi connectivity index (χ0) is 16.5. The molecule has 1 aliphatic heterocycles. The Morgan fingerprint density at radius 1 is 1.27 bits per heavy atom. The van der Waals surface area contributed by atoms with Gasteiger partial charge in [-0.25, -0.2) is 4.79 Å². The van der Waals surface area contributed by atoms with Gasteiger partial charge >= 0.3 is 11.9 Å². The fraction of sp³-hybridized carbons (Fsp3) is 0.529. The van der Waals surface area contributed by atoms with Crippen molar-refractivity contribution in [2.75, 3.05) is 13.7 Å². The van der Waals surface area contributed by atoms with Gasteiger partial charge in [-0.2, -0.15) is 0 Å². The highest BCUT2D eigenvalue weighted by Gasteiger charge is 2.44. The molecule has 0 aliphatic carbocycles. The summed E-state index contributed by atoms with van der Waals surface area (Å²) < 4.78 is 16.0. The van der Waals surface area contributed by atoms with Gasteiger partial charge < -0.3 is 14.2 Å². The van der Waals surface area contributed by atoms with E-state index in [1.165, 1.54) is 7.11 Å². The number of ether oxygens (including phenoxy) is 3. The molecule has 1 aromatic rings. The predicted octanol–water partition coefficient (Wildman–Crippen LogP) is 2.86. The first-order valence-corrected chi connectivity index (χ1v) is 7.27. The Morgan fingerprint density at radius 3 is 2.55 bits per heavy atom. The fourth-order valence-electron chi connectivity index (χ4n) is 2.49. The molecule has 0 spiro atoms. The van der Waals surface area contributed by atoms with Gasteiger partial charge in [-0.3, -0.25) is 4.79 Å². The first-order chi connectivity index (χ1) is 10.2. The van der Waals surface area contributed by atoms with Crippen molar-refractivity contribution in [2.45, 2.75) is 45.1 Å². The number of methoxy groups -OCH3 is 1. The molecule has 0 saturated heterocycles. The first-order valence-electron chi connectivity index (χ1n) is 7.27. The molecule has 22 heavy (non-hydrogen) atoms. The highest BCUT2D eigenvalue weighted by atomic mass is 16.6. The number of hydrogen-bond donors (Lipinski definition) is 0. The smallest absolute Gasteiger partial charge is 0.341 e. The summed E-state index contributed by atoms with van der Waals surface area (Å²) in [6.07, 6.45) is 0.500. The Balaban J connectivity index is 2.48. The van der Waals surface area contributed by atoms with Gasteiger partial charge in [-0.1, -0.05) is 12.1 Å². The Morgan fingerprint density at radius 2 is 1.95 bits per heavy atom. The lowest BCUT2D eigenvalue weighted by Crippen LogP contribution is -2.42. The van der Waals surface area contributed by atoms with E-state index in [-0.39, 0.29) is 5.97 Å². The van der Waals surface area contributed by atoms with Crippen LogP contribution in [0.1, 0.15) is 50.0 Å². The highest BCUT2D eigenvalue weighted by Crippen LogP contribution is 2.42. The van der Waals surface area contributed by atoms with Crippen molar-refractivity contribution in [1.29, 1.82) is 0 Å². The zero-order valence-corrected chi connectivity index (χ0v) is 13.7. The van der Waals surface area contributed by atoms with Crippen LogP contribution in [0.2, 0.25) is 0 Å². The first kappa shape index (κ1) is 16.3. The second kappa shape index (κ2) is 5.63. The summed E-state index contributed by atoms with van der Waals surface area (Å²) >= 11 is 0. The number of esters is 2. The molecule has 0 fully saturated rings. The molecule has 0 aromatic heterocycles. The van der Waals surface area contributed by atoms with Crippen LogP contribution in [0.5, 0.6) is 5.75 Å². The number of benzene rings is 1. The van der Waals surface area contributed by atoms with Crippen LogP contribution in [0.25, 0.3) is 0 Å². The Hall–Kier alpha value is -2.04. The number of rotatable bonds is 2. The minimum atomic E-state index is -0.842. The van der Waals surface area contributed by atoms with Gasteiger partial charge in [0.05, 0.1) is 19.1 Å². The molecule has 1 unspecified atom stereocenters. The van der Waals surface area contributed by atoms with E-state index in [9.17, 15) is 9.59 Å². The van der Waals surface area contributed by atoms with Crippen molar-refractivity contribution >= 4 is 11.9 Å². The predicted molar refractivity (Wildman–Crippen MR) is 81.1 cm³/mol. The molecule has 0 radical (unpaired) electrons. The van der Waals surface area contributed by atoms with Gasteiger partial charge in [-0.05, 0) is 33.8 Å². The maximum atomic E-state index is 12.7. The van der Waals surface area contributed by atoms with E-state index in [4.69, 9.17) is 14.2 Å². The maximum Gasteiger partial charge on any atom is 0.341 e. The molecule has 1 aromatic carbocycles. The van der Waals surface area contributed by atoms with Crippen LogP contribution in [0.4, 0.5) is 0 Å². The summed E-state index contributed by atoms with van der Waals surface area (Å²) in [6, 6.07) is 5.15. The van der Waals surface area contributed by atoms with Gasteiger partial charge in [0.15, 0.2) is 0 Å². The van der Waals surface area contributed by atoms with Crippen LogP contribution in [0, 0.1) is 0 Å². The van der Waals surface area contributed by atoms with Gasteiger partial charge in [0.1, 0.15) is 16.9 Å². The molecule has 1 aliphatic rings. The maximum absolute atomic E-state index is 12.7. The monoisotopic (exact) mass is 306 g/mol. The summed E-state index contributed by atoms with van der Waals surface area (Å²) in [5.74, 6) is -0.384. The summed E-state index contributed by atoms with van der Waals surface area (Å²) in [5.41, 5.74) is -0.422. The molecular formula is C17H22O5. The Labute approximate surface area is 130 Å². The van der Waals surface area contributed by atoms with E-state index in [2.05, 4.69) is 0 Å². The van der Waals surface area contributed by atoms with Crippen molar-refractivity contribution in [3.63, 3.8) is 0 Å². The van der Waals surface area contributed by atoms with E-state index in [1.54, 1.807) is 18.2 Å². The quantitative estimate of drug-likeness (QED) is 0.786. The van der Waals surface area contributed by atoms with E-state index < -0.39 is 17.0 Å². The Kier molecular flexibility index (Phi) is 4.18. The van der Waals surface area contributed by atoms with E-state index >= 15 is 0 Å². The molecule has 1 atom stereocenters. The second-order valence-electron chi connectivity index (χ2n) is 6.61. The summed E-state index contributed by atoms with van der Waals surface area (Å²) in [6.45, 7) is 7.67. The summed E-state index contributed by atoms with van der Waals surface area (Å²) in [4.78, 5) is 24.5. The highest BCUT2D eigenvalue weighted by molar-refractivity contribution is 5.95. The normalized spacial score (nSPS) is 20.6. The number of carbonyl (C=O) groups excluding carboxylic acids is 2. The molecule has 0 bridgehead atoms. The van der Waals surface area contributed by atoms with Crippen molar-refractivity contribution in [2.24, 2.45) is 0 Å². The largest absolute Gasteiger partial charge is 0.492 e. The molecule has 0 N–H and O–H groups in total. The van der Waals surface area contributed by atoms with Gasteiger partial charge in [-0.15, -0.1) is 0 Å². The van der Waals surface area contributed by atoms with Gasteiger partial charge in [0, 0.05) is 12.0 Å². The third kappa shape index (κ3) is 2.93. The molecule has 5 heteroatoms. The summed E-state index contributed by atoms with van der Waals surface area (Å²) in [7, 11) is 1.32. The van der Waals surface area contributed by atoms with Crippen molar-refractivity contribution in [3.8, 4) is 5.75 Å². The molecular weight excluding hydrogens is 284 g/mol. The fourth-order valence-corrected chi connectivity index (χ4v) is 2.49. The molecule has 0 saturated carbocycles.